The van der Waals surface area contributed by atoms with Crippen LogP contribution in [0.3, 0.4) is 0 Å². The summed E-state index contributed by atoms with van der Waals surface area (Å²) in [5, 5.41) is 3.69. The Hall–Kier alpha value is -0.140. The molecular formula is C11H14BrClN2O2S. The lowest BCUT2D eigenvalue weighted by Crippen LogP contribution is -2.42. The van der Waals surface area contributed by atoms with E-state index in [0.29, 0.717) is 9.50 Å². The molecule has 0 saturated carbocycles. The molecule has 0 aliphatic carbocycles. The highest BCUT2D eigenvalue weighted by Crippen LogP contribution is 2.25. The number of hydrogen-bond acceptors (Lipinski definition) is 3. The Bertz CT molecular complexity index is 530. The van der Waals surface area contributed by atoms with E-state index >= 15 is 0 Å². The van der Waals surface area contributed by atoms with E-state index in [4.69, 9.17) is 11.6 Å². The number of sulfonamides is 1. The first-order valence-electron chi connectivity index (χ1n) is 5.67. The number of hydrogen-bond donors (Lipinski definition) is 2. The van der Waals surface area contributed by atoms with Gasteiger partial charge in [0, 0.05) is 10.5 Å². The number of benzene rings is 1. The van der Waals surface area contributed by atoms with Crippen LogP contribution in [0.15, 0.2) is 27.6 Å². The Morgan fingerprint density at radius 2 is 2.00 bits per heavy atom. The summed E-state index contributed by atoms with van der Waals surface area (Å²) in [5.41, 5.74) is 0. The van der Waals surface area contributed by atoms with Crippen LogP contribution in [0.4, 0.5) is 0 Å². The molecule has 0 spiro atoms. The van der Waals surface area contributed by atoms with Crippen molar-refractivity contribution in [3.8, 4) is 0 Å². The molecule has 1 aliphatic rings. The van der Waals surface area contributed by atoms with E-state index < -0.39 is 10.0 Å². The van der Waals surface area contributed by atoms with Gasteiger partial charge in [-0.2, -0.15) is 0 Å². The van der Waals surface area contributed by atoms with Crippen molar-refractivity contribution >= 4 is 37.6 Å². The molecule has 0 amide bonds. The first-order valence-corrected chi connectivity index (χ1v) is 8.32. The first kappa shape index (κ1) is 14.3. The molecule has 1 aromatic rings. The maximum Gasteiger partial charge on any atom is 0.240 e. The van der Waals surface area contributed by atoms with E-state index in [9.17, 15) is 8.42 Å². The third kappa shape index (κ3) is 3.45. The second kappa shape index (κ2) is 5.88. The maximum atomic E-state index is 12.2. The van der Waals surface area contributed by atoms with Gasteiger partial charge < -0.3 is 5.32 Å². The summed E-state index contributed by atoms with van der Waals surface area (Å²) in [6.07, 6.45) is 1.63. The normalized spacial score (nSPS) is 17.9. The summed E-state index contributed by atoms with van der Waals surface area (Å²) in [7, 11) is -3.47. The largest absolute Gasteiger partial charge is 0.317 e. The monoisotopic (exact) mass is 352 g/mol. The van der Waals surface area contributed by atoms with Crippen molar-refractivity contribution in [3.05, 3.63) is 27.7 Å². The van der Waals surface area contributed by atoms with Crippen molar-refractivity contribution in [1.29, 1.82) is 0 Å². The summed E-state index contributed by atoms with van der Waals surface area (Å²) in [4.78, 5) is 0.234. The molecule has 0 radical (unpaired) electrons. The SMILES string of the molecule is O=S(=O)(NC1CCNCC1)c1ccc(Cl)c(Br)c1. The van der Waals surface area contributed by atoms with Gasteiger partial charge in [0.15, 0.2) is 0 Å². The predicted octanol–water partition coefficient (Wildman–Crippen LogP) is 2.13. The molecule has 1 aliphatic heterocycles. The average molecular weight is 354 g/mol. The molecule has 1 heterocycles. The van der Waals surface area contributed by atoms with Gasteiger partial charge >= 0.3 is 0 Å². The van der Waals surface area contributed by atoms with Crippen molar-refractivity contribution in [2.75, 3.05) is 13.1 Å². The van der Waals surface area contributed by atoms with Crippen LogP contribution in [-0.4, -0.2) is 27.5 Å². The van der Waals surface area contributed by atoms with Crippen LogP contribution < -0.4 is 10.0 Å². The molecule has 0 aromatic heterocycles. The van der Waals surface area contributed by atoms with E-state index in [1.54, 1.807) is 6.07 Å². The molecule has 1 fully saturated rings. The molecule has 0 atom stereocenters. The zero-order valence-electron chi connectivity index (χ0n) is 9.62. The van der Waals surface area contributed by atoms with Crippen molar-refractivity contribution in [2.24, 2.45) is 0 Å². The van der Waals surface area contributed by atoms with Gasteiger partial charge in [0.05, 0.1) is 9.92 Å². The van der Waals surface area contributed by atoms with Crippen molar-refractivity contribution in [3.63, 3.8) is 0 Å². The molecule has 2 rings (SSSR count). The second-order valence-corrected chi connectivity index (χ2v) is 7.20. The van der Waals surface area contributed by atoms with Crippen molar-refractivity contribution < 1.29 is 8.42 Å². The first-order chi connectivity index (χ1) is 8.49. The fraction of sp³-hybridized carbons (Fsp3) is 0.455. The summed E-state index contributed by atoms with van der Waals surface area (Å²) in [6, 6.07) is 4.61. The fourth-order valence-electron chi connectivity index (χ4n) is 1.87. The van der Waals surface area contributed by atoms with Gasteiger partial charge in [-0.3, -0.25) is 0 Å². The molecule has 4 nitrogen and oxygen atoms in total. The summed E-state index contributed by atoms with van der Waals surface area (Å²) < 4.78 is 27.6. The molecule has 18 heavy (non-hydrogen) atoms. The lowest BCUT2D eigenvalue weighted by Gasteiger charge is -2.23. The standard InChI is InChI=1S/C11H14BrClN2O2S/c12-10-7-9(1-2-11(10)13)18(16,17)15-8-3-5-14-6-4-8/h1-2,7-8,14-15H,3-6H2. The topological polar surface area (TPSA) is 58.2 Å². The highest BCUT2D eigenvalue weighted by atomic mass is 79.9. The number of rotatable bonds is 3. The number of piperidine rings is 1. The Morgan fingerprint density at radius 3 is 2.61 bits per heavy atom. The smallest absolute Gasteiger partial charge is 0.240 e. The molecule has 2 N–H and O–H groups in total. The third-order valence-electron chi connectivity index (χ3n) is 2.86. The van der Waals surface area contributed by atoms with Crippen LogP contribution in [0.25, 0.3) is 0 Å². The van der Waals surface area contributed by atoms with Crippen LogP contribution >= 0.6 is 27.5 Å². The van der Waals surface area contributed by atoms with Crippen LogP contribution in [0.2, 0.25) is 5.02 Å². The second-order valence-electron chi connectivity index (χ2n) is 4.22. The maximum absolute atomic E-state index is 12.2. The minimum absolute atomic E-state index is 0.00528. The van der Waals surface area contributed by atoms with Gasteiger partial charge in [0.1, 0.15) is 0 Å². The van der Waals surface area contributed by atoms with Gasteiger partial charge in [-0.05, 0) is 60.1 Å². The van der Waals surface area contributed by atoms with Crippen LogP contribution in [-0.2, 0) is 10.0 Å². The number of halogens is 2. The highest BCUT2D eigenvalue weighted by Gasteiger charge is 2.22. The fourth-order valence-corrected chi connectivity index (χ4v) is 3.85. The van der Waals surface area contributed by atoms with Crippen molar-refractivity contribution in [2.45, 2.75) is 23.8 Å². The zero-order chi connectivity index (χ0) is 13.2. The molecule has 1 aromatic carbocycles. The summed E-state index contributed by atoms with van der Waals surface area (Å²) in [5.74, 6) is 0. The lowest BCUT2D eigenvalue weighted by molar-refractivity contribution is 0.427. The average Bonchev–Trinajstić information content (AvgIpc) is 2.33. The van der Waals surface area contributed by atoms with E-state index in [2.05, 4.69) is 26.0 Å². The third-order valence-corrected chi connectivity index (χ3v) is 5.59. The van der Waals surface area contributed by atoms with Gasteiger partial charge in [0.25, 0.3) is 0 Å². The molecule has 0 bridgehead atoms. The van der Waals surface area contributed by atoms with Crippen LogP contribution in [0.1, 0.15) is 12.8 Å². The Morgan fingerprint density at radius 1 is 1.33 bits per heavy atom. The van der Waals surface area contributed by atoms with Gasteiger partial charge in [-0.25, -0.2) is 13.1 Å². The quantitative estimate of drug-likeness (QED) is 0.875. The van der Waals surface area contributed by atoms with Crippen LogP contribution in [0, 0.1) is 0 Å². The summed E-state index contributed by atoms with van der Waals surface area (Å²) in [6.45, 7) is 1.69. The van der Waals surface area contributed by atoms with E-state index in [-0.39, 0.29) is 10.9 Å². The van der Waals surface area contributed by atoms with E-state index in [0.717, 1.165) is 25.9 Å². The molecule has 0 unspecified atom stereocenters. The molecule has 7 heteroatoms. The van der Waals surface area contributed by atoms with E-state index in [1.165, 1.54) is 12.1 Å². The van der Waals surface area contributed by atoms with Gasteiger partial charge in [0.2, 0.25) is 10.0 Å². The predicted molar refractivity (Wildman–Crippen MR) is 75.4 cm³/mol. The zero-order valence-corrected chi connectivity index (χ0v) is 12.8. The van der Waals surface area contributed by atoms with Gasteiger partial charge in [-0.1, -0.05) is 11.6 Å². The Balaban J connectivity index is 2.16. The Kier molecular flexibility index (Phi) is 4.66. The minimum Gasteiger partial charge on any atom is -0.317 e. The number of nitrogens with one attached hydrogen (secondary N) is 2. The van der Waals surface area contributed by atoms with Gasteiger partial charge in [-0.15, -0.1) is 0 Å². The highest BCUT2D eigenvalue weighted by molar-refractivity contribution is 9.10. The Labute approximate surface area is 120 Å². The summed E-state index contributed by atoms with van der Waals surface area (Å²) >= 11 is 9.08. The minimum atomic E-state index is -3.47. The lowest BCUT2D eigenvalue weighted by atomic mass is 10.1. The molecule has 1 saturated heterocycles. The molecular weight excluding hydrogens is 340 g/mol. The van der Waals surface area contributed by atoms with E-state index in [1.807, 2.05) is 0 Å². The van der Waals surface area contributed by atoms with Crippen LogP contribution in [0.5, 0.6) is 0 Å². The molecule has 100 valence electrons. The van der Waals surface area contributed by atoms with Crippen molar-refractivity contribution in [1.82, 2.24) is 10.0 Å².